The molecule has 11 heavy (non-hydrogen) atoms. The lowest BCUT2D eigenvalue weighted by Gasteiger charge is -2.38. The van der Waals surface area contributed by atoms with Crippen LogP contribution in [0.2, 0.25) is 0 Å². The van der Waals surface area contributed by atoms with Crippen LogP contribution < -0.4 is 0 Å². The van der Waals surface area contributed by atoms with Crippen LogP contribution in [0.4, 0.5) is 0 Å². The molecular formula is C9H16O2. The second-order valence-electron chi connectivity index (χ2n) is 3.64. The predicted molar refractivity (Wildman–Crippen MR) is 42.5 cm³/mol. The molecule has 0 N–H and O–H groups in total. The van der Waals surface area contributed by atoms with Gasteiger partial charge in [-0.25, -0.2) is 0 Å². The summed E-state index contributed by atoms with van der Waals surface area (Å²) in [5, 5.41) is 0. The highest BCUT2D eigenvalue weighted by atomic mass is 16.6. The van der Waals surface area contributed by atoms with Crippen molar-refractivity contribution in [3.8, 4) is 0 Å². The van der Waals surface area contributed by atoms with Crippen molar-refractivity contribution in [3.63, 3.8) is 0 Å². The number of rotatable bonds is 0. The Morgan fingerprint density at radius 3 is 2.64 bits per heavy atom. The minimum Gasteiger partial charge on any atom is -0.373 e. The molecule has 0 aromatic heterocycles. The first-order valence-corrected chi connectivity index (χ1v) is 4.63. The van der Waals surface area contributed by atoms with Crippen molar-refractivity contribution in [2.45, 2.75) is 50.9 Å². The molecule has 0 amide bonds. The van der Waals surface area contributed by atoms with Crippen molar-refractivity contribution >= 4 is 0 Å². The largest absolute Gasteiger partial charge is 0.373 e. The molecule has 3 atom stereocenters. The maximum atomic E-state index is 5.77. The second kappa shape index (κ2) is 3.11. The van der Waals surface area contributed by atoms with Gasteiger partial charge in [0.25, 0.3) is 0 Å². The van der Waals surface area contributed by atoms with E-state index in [1.807, 2.05) is 0 Å². The Labute approximate surface area is 67.9 Å². The molecular weight excluding hydrogens is 140 g/mol. The third-order valence-corrected chi connectivity index (χ3v) is 2.59. The van der Waals surface area contributed by atoms with Gasteiger partial charge in [0.15, 0.2) is 0 Å². The molecule has 2 fully saturated rings. The minimum absolute atomic E-state index is 0.314. The van der Waals surface area contributed by atoms with E-state index in [0.717, 1.165) is 6.61 Å². The smallest absolute Gasteiger partial charge is 0.0841 e. The normalized spacial score (nSPS) is 45.0. The van der Waals surface area contributed by atoms with Gasteiger partial charge in [-0.15, -0.1) is 0 Å². The summed E-state index contributed by atoms with van der Waals surface area (Å²) >= 11 is 0. The third kappa shape index (κ3) is 1.57. The first kappa shape index (κ1) is 7.56. The van der Waals surface area contributed by atoms with Crippen molar-refractivity contribution in [1.82, 2.24) is 0 Å². The highest BCUT2D eigenvalue weighted by Crippen LogP contribution is 2.27. The van der Waals surface area contributed by atoms with E-state index in [1.54, 1.807) is 0 Å². The Bertz CT molecular complexity index is 136. The molecule has 1 heterocycles. The average Bonchev–Trinajstić information content (AvgIpc) is 2.04. The predicted octanol–water partition coefficient (Wildman–Crippen LogP) is 1.73. The van der Waals surface area contributed by atoms with Crippen LogP contribution in [0.1, 0.15) is 32.6 Å². The van der Waals surface area contributed by atoms with Crippen LogP contribution >= 0.6 is 0 Å². The van der Waals surface area contributed by atoms with Gasteiger partial charge in [0, 0.05) is 0 Å². The highest BCUT2D eigenvalue weighted by molar-refractivity contribution is 4.80. The van der Waals surface area contributed by atoms with Crippen LogP contribution in [0.5, 0.6) is 0 Å². The van der Waals surface area contributed by atoms with E-state index in [1.165, 1.54) is 25.7 Å². The highest BCUT2D eigenvalue weighted by Gasteiger charge is 2.31. The number of ether oxygens (including phenoxy) is 2. The molecule has 2 heteroatoms. The molecule has 1 aliphatic carbocycles. The zero-order valence-corrected chi connectivity index (χ0v) is 7.08. The second-order valence-corrected chi connectivity index (χ2v) is 3.64. The quantitative estimate of drug-likeness (QED) is 0.532. The number of hydrogen-bond acceptors (Lipinski definition) is 2. The van der Waals surface area contributed by atoms with Crippen LogP contribution in [-0.4, -0.2) is 24.9 Å². The molecule has 1 saturated heterocycles. The minimum atomic E-state index is 0.314. The van der Waals surface area contributed by atoms with Crippen molar-refractivity contribution in [1.29, 1.82) is 0 Å². The Kier molecular flexibility index (Phi) is 2.14. The van der Waals surface area contributed by atoms with E-state index >= 15 is 0 Å². The average molecular weight is 156 g/mol. The van der Waals surface area contributed by atoms with E-state index in [9.17, 15) is 0 Å². The lowest BCUT2D eigenvalue weighted by atomic mass is 9.93. The third-order valence-electron chi connectivity index (χ3n) is 2.59. The fourth-order valence-electron chi connectivity index (χ4n) is 2.01. The van der Waals surface area contributed by atoms with Crippen molar-refractivity contribution in [2.24, 2.45) is 0 Å². The summed E-state index contributed by atoms with van der Waals surface area (Å²) < 4.78 is 11.4. The molecule has 1 aliphatic heterocycles. The zero-order valence-electron chi connectivity index (χ0n) is 7.08. The van der Waals surface area contributed by atoms with Gasteiger partial charge in [-0.1, -0.05) is 12.8 Å². The fraction of sp³-hybridized carbons (Fsp3) is 1.00. The number of hydrogen-bond donors (Lipinski definition) is 0. The maximum absolute atomic E-state index is 5.77. The van der Waals surface area contributed by atoms with Crippen LogP contribution in [0.15, 0.2) is 0 Å². The summed E-state index contributed by atoms with van der Waals surface area (Å²) in [4.78, 5) is 0. The topological polar surface area (TPSA) is 18.5 Å². The Hall–Kier alpha value is -0.0800. The van der Waals surface area contributed by atoms with Gasteiger partial charge in [-0.05, 0) is 19.8 Å². The monoisotopic (exact) mass is 156 g/mol. The van der Waals surface area contributed by atoms with E-state index in [-0.39, 0.29) is 0 Å². The summed E-state index contributed by atoms with van der Waals surface area (Å²) in [7, 11) is 0. The molecule has 0 bridgehead atoms. The molecule has 64 valence electrons. The fourth-order valence-corrected chi connectivity index (χ4v) is 2.01. The molecule has 2 aliphatic rings. The van der Waals surface area contributed by atoms with Crippen molar-refractivity contribution in [3.05, 3.63) is 0 Å². The summed E-state index contributed by atoms with van der Waals surface area (Å²) in [6.07, 6.45) is 6.18. The van der Waals surface area contributed by atoms with Crippen molar-refractivity contribution in [2.75, 3.05) is 6.61 Å². The first-order valence-electron chi connectivity index (χ1n) is 4.63. The molecule has 2 rings (SSSR count). The summed E-state index contributed by atoms with van der Waals surface area (Å²) in [5.41, 5.74) is 0. The Balaban J connectivity index is 1.93. The SMILES string of the molecule is CC1COC2CCCCC2O1. The van der Waals surface area contributed by atoms with E-state index in [0.29, 0.717) is 18.3 Å². The Morgan fingerprint density at radius 2 is 1.82 bits per heavy atom. The van der Waals surface area contributed by atoms with Crippen LogP contribution in [0.3, 0.4) is 0 Å². The summed E-state index contributed by atoms with van der Waals surface area (Å²) in [6, 6.07) is 0. The van der Waals surface area contributed by atoms with Crippen LogP contribution in [-0.2, 0) is 9.47 Å². The van der Waals surface area contributed by atoms with Crippen molar-refractivity contribution < 1.29 is 9.47 Å². The Morgan fingerprint density at radius 1 is 1.09 bits per heavy atom. The van der Waals surface area contributed by atoms with Crippen LogP contribution in [0, 0.1) is 0 Å². The van der Waals surface area contributed by atoms with E-state index in [4.69, 9.17) is 9.47 Å². The maximum Gasteiger partial charge on any atom is 0.0841 e. The lowest BCUT2D eigenvalue weighted by Crippen LogP contribution is -2.44. The van der Waals surface area contributed by atoms with Gasteiger partial charge in [0.2, 0.25) is 0 Å². The molecule has 3 unspecified atom stereocenters. The molecule has 2 nitrogen and oxygen atoms in total. The van der Waals surface area contributed by atoms with E-state index in [2.05, 4.69) is 6.92 Å². The van der Waals surface area contributed by atoms with Gasteiger partial charge in [-0.2, -0.15) is 0 Å². The number of fused-ring (bicyclic) bond motifs is 1. The summed E-state index contributed by atoms with van der Waals surface area (Å²) in [6.45, 7) is 2.88. The molecule has 0 aromatic rings. The van der Waals surface area contributed by atoms with Gasteiger partial charge < -0.3 is 9.47 Å². The molecule has 0 spiro atoms. The lowest BCUT2D eigenvalue weighted by molar-refractivity contribution is -0.186. The van der Waals surface area contributed by atoms with Gasteiger partial charge in [0.1, 0.15) is 0 Å². The van der Waals surface area contributed by atoms with Crippen LogP contribution in [0.25, 0.3) is 0 Å². The molecule has 1 saturated carbocycles. The van der Waals surface area contributed by atoms with E-state index < -0.39 is 0 Å². The van der Waals surface area contributed by atoms with Gasteiger partial charge in [0.05, 0.1) is 24.9 Å². The summed E-state index contributed by atoms with van der Waals surface area (Å²) in [5.74, 6) is 0. The standard InChI is InChI=1S/C9H16O2/c1-7-6-10-8-4-2-3-5-9(8)11-7/h7-9H,2-6H2,1H3. The first-order chi connectivity index (χ1) is 5.36. The molecule has 0 radical (unpaired) electrons. The zero-order chi connectivity index (χ0) is 7.68. The molecule has 0 aromatic carbocycles. The van der Waals surface area contributed by atoms with Gasteiger partial charge in [-0.3, -0.25) is 0 Å². The van der Waals surface area contributed by atoms with Gasteiger partial charge >= 0.3 is 0 Å².